The Morgan fingerprint density at radius 3 is 2.75 bits per heavy atom. The van der Waals surface area contributed by atoms with Crippen LogP contribution in [0, 0.1) is 0 Å². The predicted octanol–water partition coefficient (Wildman–Crippen LogP) is 5.04. The molecule has 0 amide bonds. The van der Waals surface area contributed by atoms with Crippen molar-refractivity contribution in [3.05, 3.63) is 69.3 Å². The molecule has 24 heavy (non-hydrogen) atoms. The molecule has 0 radical (unpaired) electrons. The second-order valence-corrected chi connectivity index (χ2v) is 6.48. The first kappa shape index (κ1) is 17.0. The number of carbonyl (C=O) groups is 1. The van der Waals surface area contributed by atoms with Gasteiger partial charge >= 0.3 is 0 Å². The van der Waals surface area contributed by atoms with Crippen molar-refractivity contribution in [3.63, 3.8) is 0 Å². The Kier molecular flexibility index (Phi) is 5.23. The molecule has 1 unspecified atom stereocenters. The molecule has 0 aromatic heterocycles. The number of carbonyl (C=O) groups excluding carboxylic acids is 1. The number of halogens is 2. The topological polar surface area (TPSA) is 47.6 Å². The number of Topliss-reactive ketones (excluding diaryl/α,β-unsaturated/α-hetero) is 1. The van der Waals surface area contributed by atoms with Gasteiger partial charge in [-0.2, -0.15) is 0 Å². The largest absolute Gasteiger partial charge is 0.460 e. The Labute approximate surface area is 153 Å². The zero-order chi connectivity index (χ0) is 17.1. The number of hydrogen-bond donors (Lipinski definition) is 1. The van der Waals surface area contributed by atoms with Crippen molar-refractivity contribution in [2.45, 2.75) is 13.2 Å². The molecule has 1 N–H and O–H groups in total. The van der Waals surface area contributed by atoms with Crippen LogP contribution in [0.4, 0.5) is 5.69 Å². The number of nitrogens with one attached hydrogen (secondary N) is 1. The van der Waals surface area contributed by atoms with Crippen LogP contribution in [0.15, 0.2) is 58.7 Å². The van der Waals surface area contributed by atoms with E-state index in [2.05, 4.69) is 21.2 Å². The fraction of sp³-hybridized carbons (Fsp3) is 0.167. The van der Waals surface area contributed by atoms with Crippen LogP contribution in [-0.2, 0) is 4.74 Å². The number of hydrogen-bond acceptors (Lipinski definition) is 4. The van der Waals surface area contributed by atoms with Crippen molar-refractivity contribution >= 4 is 39.0 Å². The molecule has 4 nitrogen and oxygen atoms in total. The molecule has 124 valence electrons. The molecule has 3 rings (SSSR count). The lowest BCUT2D eigenvalue weighted by molar-refractivity contribution is -0.0509. The van der Waals surface area contributed by atoms with E-state index in [1.807, 2.05) is 25.1 Å². The molecule has 1 aliphatic rings. The van der Waals surface area contributed by atoms with Gasteiger partial charge in [-0.1, -0.05) is 27.5 Å². The fourth-order valence-corrected chi connectivity index (χ4v) is 2.83. The van der Waals surface area contributed by atoms with Crippen molar-refractivity contribution in [3.8, 4) is 5.75 Å². The maximum absolute atomic E-state index is 12.8. The summed E-state index contributed by atoms with van der Waals surface area (Å²) in [7, 11) is 0. The van der Waals surface area contributed by atoms with Crippen LogP contribution >= 0.6 is 27.5 Å². The molecular formula is C18H15BrClNO3. The minimum Gasteiger partial charge on any atom is -0.460 e. The van der Waals surface area contributed by atoms with E-state index in [0.29, 0.717) is 28.5 Å². The predicted molar refractivity (Wildman–Crippen MR) is 97.7 cm³/mol. The van der Waals surface area contributed by atoms with Crippen LogP contribution in [0.1, 0.15) is 17.3 Å². The third-order valence-electron chi connectivity index (χ3n) is 3.49. The van der Waals surface area contributed by atoms with Gasteiger partial charge in [0.15, 0.2) is 0 Å². The molecule has 1 heterocycles. The van der Waals surface area contributed by atoms with Crippen molar-refractivity contribution in [1.82, 2.24) is 0 Å². The number of benzene rings is 2. The second-order valence-electron chi connectivity index (χ2n) is 5.13. The lowest BCUT2D eigenvalue weighted by Crippen LogP contribution is -2.33. The summed E-state index contributed by atoms with van der Waals surface area (Å²) in [4.78, 5) is 12.8. The van der Waals surface area contributed by atoms with Gasteiger partial charge in [-0.3, -0.25) is 4.79 Å². The third kappa shape index (κ3) is 3.64. The summed E-state index contributed by atoms with van der Waals surface area (Å²) in [6.45, 7) is 2.29. The van der Waals surface area contributed by atoms with E-state index in [0.717, 1.165) is 10.2 Å². The number of anilines is 1. The average Bonchev–Trinajstić information content (AvgIpc) is 2.57. The minimum absolute atomic E-state index is 0.127. The average molecular weight is 409 g/mol. The first-order valence-electron chi connectivity index (χ1n) is 7.43. The standard InChI is InChI=1S/C18H15BrClNO3/c1-2-23-18-15(10-21-13-6-4-12(20)5-7-13)17(22)14-9-11(19)3-8-16(14)24-18/h3-10,18,21H,2H2,1H3/b15-10-. The highest BCUT2D eigenvalue weighted by molar-refractivity contribution is 9.10. The molecule has 0 aliphatic carbocycles. The molecule has 6 heteroatoms. The van der Waals surface area contributed by atoms with Crippen LogP contribution < -0.4 is 10.1 Å². The van der Waals surface area contributed by atoms with Crippen molar-refractivity contribution in [1.29, 1.82) is 0 Å². The monoisotopic (exact) mass is 407 g/mol. The van der Waals surface area contributed by atoms with E-state index in [4.69, 9.17) is 21.1 Å². The van der Waals surface area contributed by atoms with Crippen LogP contribution in [0.2, 0.25) is 5.02 Å². The van der Waals surface area contributed by atoms with Crippen LogP contribution in [0.5, 0.6) is 5.75 Å². The lowest BCUT2D eigenvalue weighted by Gasteiger charge is -2.27. The zero-order valence-corrected chi connectivity index (χ0v) is 15.2. The first-order chi connectivity index (χ1) is 11.6. The van der Waals surface area contributed by atoms with Gasteiger partial charge in [0.2, 0.25) is 12.1 Å². The summed E-state index contributed by atoms with van der Waals surface area (Å²) in [6, 6.07) is 12.5. The highest BCUT2D eigenvalue weighted by atomic mass is 79.9. The van der Waals surface area contributed by atoms with Gasteiger partial charge < -0.3 is 14.8 Å². The van der Waals surface area contributed by atoms with Crippen LogP contribution in [0.25, 0.3) is 0 Å². The highest BCUT2D eigenvalue weighted by Gasteiger charge is 2.32. The van der Waals surface area contributed by atoms with Crippen molar-refractivity contribution < 1.29 is 14.3 Å². The molecule has 1 aliphatic heterocycles. The molecule has 0 bridgehead atoms. The number of ketones is 1. The third-order valence-corrected chi connectivity index (χ3v) is 4.24. The number of fused-ring (bicyclic) bond motifs is 1. The smallest absolute Gasteiger partial charge is 0.232 e. The molecular weight excluding hydrogens is 394 g/mol. The maximum Gasteiger partial charge on any atom is 0.232 e. The number of ether oxygens (including phenoxy) is 2. The summed E-state index contributed by atoms with van der Waals surface area (Å²) < 4.78 is 12.2. The number of rotatable bonds is 4. The maximum atomic E-state index is 12.8. The summed E-state index contributed by atoms with van der Waals surface area (Å²) in [5, 5.41) is 3.74. The van der Waals surface area contributed by atoms with E-state index in [9.17, 15) is 4.79 Å². The Hall–Kier alpha value is -1.82. The second kappa shape index (κ2) is 7.38. The van der Waals surface area contributed by atoms with E-state index >= 15 is 0 Å². The summed E-state index contributed by atoms with van der Waals surface area (Å²) >= 11 is 9.26. The van der Waals surface area contributed by atoms with Crippen LogP contribution in [0.3, 0.4) is 0 Å². The van der Waals surface area contributed by atoms with Gasteiger partial charge in [0.25, 0.3) is 0 Å². The van der Waals surface area contributed by atoms with E-state index in [1.165, 1.54) is 0 Å². The Morgan fingerprint density at radius 1 is 1.29 bits per heavy atom. The Bertz CT molecular complexity index is 789. The Balaban J connectivity index is 1.92. The lowest BCUT2D eigenvalue weighted by atomic mass is 10.00. The molecule has 2 aromatic carbocycles. The normalized spacial score (nSPS) is 18.2. The summed E-state index contributed by atoms with van der Waals surface area (Å²) in [5.41, 5.74) is 1.73. The Morgan fingerprint density at radius 2 is 2.04 bits per heavy atom. The zero-order valence-electron chi connectivity index (χ0n) is 12.9. The molecule has 0 spiro atoms. The summed E-state index contributed by atoms with van der Waals surface area (Å²) in [5.74, 6) is 0.391. The van der Waals surface area contributed by atoms with Gasteiger partial charge in [-0.25, -0.2) is 0 Å². The van der Waals surface area contributed by atoms with E-state index in [1.54, 1.807) is 30.5 Å². The van der Waals surface area contributed by atoms with Gasteiger partial charge in [0.05, 0.1) is 11.1 Å². The van der Waals surface area contributed by atoms with Gasteiger partial charge in [0, 0.05) is 28.0 Å². The van der Waals surface area contributed by atoms with Crippen LogP contribution in [-0.4, -0.2) is 18.7 Å². The van der Waals surface area contributed by atoms with E-state index < -0.39 is 6.29 Å². The molecule has 0 fully saturated rings. The van der Waals surface area contributed by atoms with Gasteiger partial charge in [-0.05, 0) is 49.4 Å². The van der Waals surface area contributed by atoms with Gasteiger partial charge in [0.1, 0.15) is 5.75 Å². The SMILES string of the molecule is CCOC1Oc2ccc(Br)cc2C(=O)/C1=C/Nc1ccc(Cl)cc1. The minimum atomic E-state index is -0.740. The molecule has 2 aromatic rings. The highest BCUT2D eigenvalue weighted by Crippen LogP contribution is 2.33. The van der Waals surface area contributed by atoms with Crippen molar-refractivity contribution in [2.75, 3.05) is 11.9 Å². The molecule has 0 saturated heterocycles. The summed E-state index contributed by atoms with van der Waals surface area (Å²) in [6.07, 6.45) is 0.881. The first-order valence-corrected chi connectivity index (χ1v) is 8.60. The van der Waals surface area contributed by atoms with Gasteiger partial charge in [-0.15, -0.1) is 0 Å². The van der Waals surface area contributed by atoms with E-state index in [-0.39, 0.29) is 5.78 Å². The molecule has 1 atom stereocenters. The quantitative estimate of drug-likeness (QED) is 0.720. The molecule has 0 saturated carbocycles. The fourth-order valence-electron chi connectivity index (χ4n) is 2.34. The van der Waals surface area contributed by atoms with Crippen molar-refractivity contribution in [2.24, 2.45) is 0 Å².